The molecule has 2 aromatic carbocycles. The summed E-state index contributed by atoms with van der Waals surface area (Å²) in [5, 5.41) is 5.10. The number of benzene rings is 2. The molecule has 0 bridgehead atoms. The molecule has 0 fully saturated rings. The van der Waals surface area contributed by atoms with Crippen LogP contribution in [-0.2, 0) is 0 Å². The number of hydrogen-bond acceptors (Lipinski definition) is 1. The highest BCUT2D eigenvalue weighted by molar-refractivity contribution is 5.87. The lowest BCUT2D eigenvalue weighted by Crippen LogP contribution is -2.23. The Hall–Kier alpha value is -1.67. The third-order valence-corrected chi connectivity index (χ3v) is 3.31. The van der Waals surface area contributed by atoms with Crippen molar-refractivity contribution in [3.63, 3.8) is 0 Å². The molecular weight excluding hydrogens is 237 g/mol. The van der Waals surface area contributed by atoms with Crippen molar-refractivity contribution >= 4 is 10.8 Å². The van der Waals surface area contributed by atoms with Crippen molar-refractivity contribution in [3.05, 3.63) is 59.9 Å². The van der Waals surface area contributed by atoms with Gasteiger partial charge in [0, 0.05) is 5.39 Å². The predicted octanol–water partition coefficient (Wildman–Crippen LogP) is 4.60. The van der Waals surface area contributed by atoms with E-state index in [0.29, 0.717) is 5.39 Å². The second kappa shape index (κ2) is 5.98. The molecule has 2 rings (SSSR count). The monoisotopic (exact) mass is 257 g/mol. The van der Waals surface area contributed by atoms with Gasteiger partial charge in [0.25, 0.3) is 0 Å². The molecule has 2 heteroatoms. The molecule has 1 nitrogen and oxygen atoms in total. The van der Waals surface area contributed by atoms with Crippen molar-refractivity contribution in [2.75, 3.05) is 6.54 Å². The SMILES string of the molecule is C=C(C)C(NCCC)c1ccc(F)c2ccccc12. The lowest BCUT2D eigenvalue weighted by Gasteiger charge is -2.21. The van der Waals surface area contributed by atoms with E-state index in [9.17, 15) is 4.39 Å². The van der Waals surface area contributed by atoms with Crippen LogP contribution in [0.3, 0.4) is 0 Å². The summed E-state index contributed by atoms with van der Waals surface area (Å²) in [7, 11) is 0. The number of halogens is 1. The fraction of sp³-hybridized carbons (Fsp3) is 0.294. The van der Waals surface area contributed by atoms with Crippen LogP contribution in [0.25, 0.3) is 10.8 Å². The summed E-state index contributed by atoms with van der Waals surface area (Å²) < 4.78 is 13.8. The number of hydrogen-bond donors (Lipinski definition) is 1. The van der Waals surface area contributed by atoms with Crippen molar-refractivity contribution in [2.24, 2.45) is 0 Å². The second-order valence-electron chi connectivity index (χ2n) is 4.92. The normalized spacial score (nSPS) is 12.6. The highest BCUT2D eigenvalue weighted by Crippen LogP contribution is 2.29. The van der Waals surface area contributed by atoms with E-state index in [4.69, 9.17) is 0 Å². The van der Waals surface area contributed by atoms with Gasteiger partial charge in [-0.2, -0.15) is 0 Å². The Morgan fingerprint density at radius 1 is 1.21 bits per heavy atom. The molecule has 1 N–H and O–H groups in total. The van der Waals surface area contributed by atoms with Crippen LogP contribution in [0.1, 0.15) is 31.9 Å². The topological polar surface area (TPSA) is 12.0 Å². The van der Waals surface area contributed by atoms with Crippen molar-refractivity contribution in [2.45, 2.75) is 26.3 Å². The number of fused-ring (bicyclic) bond motifs is 1. The molecule has 0 aromatic heterocycles. The van der Waals surface area contributed by atoms with Gasteiger partial charge >= 0.3 is 0 Å². The highest BCUT2D eigenvalue weighted by atomic mass is 19.1. The van der Waals surface area contributed by atoms with E-state index < -0.39 is 0 Å². The van der Waals surface area contributed by atoms with Crippen LogP contribution in [0.2, 0.25) is 0 Å². The summed E-state index contributed by atoms with van der Waals surface area (Å²) in [5.41, 5.74) is 2.14. The van der Waals surface area contributed by atoms with Gasteiger partial charge in [-0.05, 0) is 36.9 Å². The van der Waals surface area contributed by atoms with Gasteiger partial charge in [0.2, 0.25) is 0 Å². The first-order chi connectivity index (χ1) is 9.15. The maximum atomic E-state index is 13.8. The van der Waals surface area contributed by atoms with Crippen LogP contribution in [0.5, 0.6) is 0 Å². The molecule has 0 spiro atoms. The summed E-state index contributed by atoms with van der Waals surface area (Å²) >= 11 is 0. The van der Waals surface area contributed by atoms with Crippen molar-refractivity contribution < 1.29 is 4.39 Å². The van der Waals surface area contributed by atoms with Crippen molar-refractivity contribution in [1.29, 1.82) is 0 Å². The van der Waals surface area contributed by atoms with Crippen LogP contribution < -0.4 is 5.32 Å². The van der Waals surface area contributed by atoms with Crippen molar-refractivity contribution in [1.82, 2.24) is 5.32 Å². The minimum atomic E-state index is -0.171. The van der Waals surface area contributed by atoms with E-state index in [2.05, 4.69) is 18.8 Å². The molecule has 19 heavy (non-hydrogen) atoms. The Kier molecular flexibility index (Phi) is 4.33. The average molecular weight is 257 g/mol. The minimum absolute atomic E-state index is 0.0745. The van der Waals surface area contributed by atoms with Crippen LogP contribution in [-0.4, -0.2) is 6.54 Å². The smallest absolute Gasteiger partial charge is 0.131 e. The molecule has 1 atom stereocenters. The zero-order valence-electron chi connectivity index (χ0n) is 11.5. The first kappa shape index (κ1) is 13.8. The van der Waals surface area contributed by atoms with Gasteiger partial charge in [0.05, 0.1) is 6.04 Å². The van der Waals surface area contributed by atoms with E-state index in [1.807, 2.05) is 37.3 Å². The van der Waals surface area contributed by atoms with Gasteiger partial charge in [-0.3, -0.25) is 0 Å². The summed E-state index contributed by atoms with van der Waals surface area (Å²) in [6.07, 6.45) is 1.06. The quantitative estimate of drug-likeness (QED) is 0.772. The highest BCUT2D eigenvalue weighted by Gasteiger charge is 2.15. The molecule has 2 aromatic rings. The van der Waals surface area contributed by atoms with Gasteiger partial charge in [0.1, 0.15) is 5.82 Å². The van der Waals surface area contributed by atoms with Crippen LogP contribution >= 0.6 is 0 Å². The Morgan fingerprint density at radius 3 is 2.53 bits per heavy atom. The van der Waals surface area contributed by atoms with Crippen LogP contribution in [0.15, 0.2) is 48.6 Å². The molecule has 0 aliphatic heterocycles. The largest absolute Gasteiger partial charge is 0.307 e. The molecule has 0 saturated carbocycles. The Labute approximate surface area is 114 Å². The Balaban J connectivity index is 2.53. The minimum Gasteiger partial charge on any atom is -0.307 e. The molecule has 0 aliphatic carbocycles. The Bertz CT molecular complexity index is 589. The summed E-state index contributed by atoms with van der Waals surface area (Å²) in [6, 6.07) is 11.1. The molecule has 1 unspecified atom stereocenters. The lowest BCUT2D eigenvalue weighted by molar-refractivity contribution is 0.592. The number of rotatable bonds is 5. The van der Waals surface area contributed by atoms with Crippen LogP contribution in [0.4, 0.5) is 4.39 Å². The first-order valence-corrected chi connectivity index (χ1v) is 6.71. The standard InChI is InChI=1S/C17H20FN/c1-4-11-19-17(12(2)3)15-9-10-16(18)14-8-6-5-7-13(14)15/h5-10,17,19H,2,4,11H2,1,3H3. The van der Waals surface area contributed by atoms with Gasteiger partial charge in [0.15, 0.2) is 0 Å². The first-order valence-electron chi connectivity index (χ1n) is 6.71. The fourth-order valence-corrected chi connectivity index (χ4v) is 2.38. The molecule has 0 amide bonds. The van der Waals surface area contributed by atoms with E-state index in [1.54, 1.807) is 6.07 Å². The molecule has 0 radical (unpaired) electrons. The third-order valence-electron chi connectivity index (χ3n) is 3.31. The maximum absolute atomic E-state index is 13.8. The average Bonchev–Trinajstić information content (AvgIpc) is 2.41. The van der Waals surface area contributed by atoms with Crippen LogP contribution in [0, 0.1) is 5.82 Å². The fourth-order valence-electron chi connectivity index (χ4n) is 2.38. The van der Waals surface area contributed by atoms with E-state index in [1.165, 1.54) is 0 Å². The lowest BCUT2D eigenvalue weighted by atomic mass is 9.94. The zero-order valence-corrected chi connectivity index (χ0v) is 11.5. The van der Waals surface area contributed by atoms with E-state index in [0.717, 1.165) is 29.5 Å². The maximum Gasteiger partial charge on any atom is 0.131 e. The van der Waals surface area contributed by atoms with E-state index in [-0.39, 0.29) is 11.9 Å². The van der Waals surface area contributed by atoms with Gasteiger partial charge in [-0.1, -0.05) is 49.4 Å². The predicted molar refractivity (Wildman–Crippen MR) is 79.8 cm³/mol. The molecule has 100 valence electrons. The summed E-state index contributed by atoms with van der Waals surface area (Å²) in [4.78, 5) is 0. The van der Waals surface area contributed by atoms with Gasteiger partial charge < -0.3 is 5.32 Å². The van der Waals surface area contributed by atoms with Gasteiger partial charge in [-0.15, -0.1) is 0 Å². The molecule has 0 aliphatic rings. The van der Waals surface area contributed by atoms with Crippen molar-refractivity contribution in [3.8, 4) is 0 Å². The van der Waals surface area contributed by atoms with Gasteiger partial charge in [-0.25, -0.2) is 4.39 Å². The summed E-state index contributed by atoms with van der Waals surface area (Å²) in [6.45, 7) is 9.11. The van der Waals surface area contributed by atoms with E-state index >= 15 is 0 Å². The molecule has 0 saturated heterocycles. The molecule has 0 heterocycles. The second-order valence-corrected chi connectivity index (χ2v) is 4.92. The molecular formula is C17H20FN. The number of nitrogens with one attached hydrogen (secondary N) is 1. The Morgan fingerprint density at radius 2 is 1.89 bits per heavy atom. The zero-order chi connectivity index (χ0) is 13.8. The summed E-state index contributed by atoms with van der Waals surface area (Å²) in [5.74, 6) is -0.171. The third kappa shape index (κ3) is 2.85.